The third kappa shape index (κ3) is 3.03. The van der Waals surface area contributed by atoms with E-state index in [4.69, 9.17) is 14.2 Å². The summed E-state index contributed by atoms with van der Waals surface area (Å²) in [7, 11) is 0. The molecule has 1 fully saturated rings. The van der Waals surface area contributed by atoms with Crippen LogP contribution in [0.4, 0.5) is 0 Å². The zero-order chi connectivity index (χ0) is 15.4. The zero-order valence-corrected chi connectivity index (χ0v) is 12.3. The van der Waals surface area contributed by atoms with Gasteiger partial charge in [0, 0.05) is 5.56 Å². The van der Waals surface area contributed by atoms with Crippen LogP contribution in [0.5, 0.6) is 0 Å². The molecule has 3 rings (SSSR count). The normalized spacial score (nSPS) is 24.1. The number of benzene rings is 2. The average molecular weight is 298 g/mol. The van der Waals surface area contributed by atoms with Gasteiger partial charge in [-0.2, -0.15) is 0 Å². The molecule has 4 nitrogen and oxygen atoms in total. The molecule has 0 spiro atoms. The smallest absolute Gasteiger partial charge is 0.338 e. The standard InChI is InChI=1S/C18H18O4/c1-2-20-17(19)16-15(13-9-5-3-6-10-13)21-18(22-16)14-11-7-4-8-12-14/h3-12,15-16,18H,2H2,1H3/t15-,16+,18-/m0/s1. The summed E-state index contributed by atoms with van der Waals surface area (Å²) in [6, 6.07) is 19.2. The van der Waals surface area contributed by atoms with E-state index < -0.39 is 24.5 Å². The summed E-state index contributed by atoms with van der Waals surface area (Å²) in [5.74, 6) is -0.394. The van der Waals surface area contributed by atoms with Gasteiger partial charge in [-0.15, -0.1) is 0 Å². The second kappa shape index (κ2) is 6.73. The molecule has 2 aromatic rings. The van der Waals surface area contributed by atoms with Gasteiger partial charge in [0.05, 0.1) is 6.61 Å². The topological polar surface area (TPSA) is 44.8 Å². The van der Waals surface area contributed by atoms with E-state index in [-0.39, 0.29) is 0 Å². The van der Waals surface area contributed by atoms with Crippen molar-refractivity contribution >= 4 is 5.97 Å². The van der Waals surface area contributed by atoms with Crippen LogP contribution in [0.3, 0.4) is 0 Å². The maximum absolute atomic E-state index is 12.2. The Morgan fingerprint density at radius 2 is 1.55 bits per heavy atom. The highest BCUT2D eigenvalue weighted by atomic mass is 16.7. The molecule has 2 aromatic carbocycles. The molecule has 0 radical (unpaired) electrons. The second-order valence-corrected chi connectivity index (χ2v) is 5.02. The van der Waals surface area contributed by atoms with Crippen molar-refractivity contribution in [2.45, 2.75) is 25.4 Å². The average Bonchev–Trinajstić information content (AvgIpc) is 3.02. The number of rotatable bonds is 4. The Bertz CT molecular complexity index is 611. The summed E-state index contributed by atoms with van der Waals surface area (Å²) < 4.78 is 16.9. The summed E-state index contributed by atoms with van der Waals surface area (Å²) >= 11 is 0. The third-order valence-electron chi connectivity index (χ3n) is 3.53. The number of esters is 1. The zero-order valence-electron chi connectivity index (χ0n) is 12.3. The predicted molar refractivity (Wildman–Crippen MR) is 81.0 cm³/mol. The van der Waals surface area contributed by atoms with Crippen LogP contribution in [-0.2, 0) is 19.0 Å². The fourth-order valence-electron chi connectivity index (χ4n) is 2.51. The number of hydrogen-bond donors (Lipinski definition) is 0. The Labute approximate surface area is 129 Å². The predicted octanol–water partition coefficient (Wildman–Crippen LogP) is 3.41. The third-order valence-corrected chi connectivity index (χ3v) is 3.53. The van der Waals surface area contributed by atoms with Crippen molar-refractivity contribution in [3.8, 4) is 0 Å². The first kappa shape index (κ1) is 14.8. The van der Waals surface area contributed by atoms with Gasteiger partial charge in [-0.3, -0.25) is 0 Å². The first-order valence-corrected chi connectivity index (χ1v) is 7.37. The molecule has 0 saturated carbocycles. The maximum atomic E-state index is 12.2. The summed E-state index contributed by atoms with van der Waals surface area (Å²) in [6.07, 6.45) is -1.79. The van der Waals surface area contributed by atoms with E-state index in [0.29, 0.717) is 6.61 Å². The molecule has 3 atom stereocenters. The lowest BCUT2D eigenvalue weighted by Crippen LogP contribution is -2.28. The van der Waals surface area contributed by atoms with Crippen LogP contribution in [0, 0.1) is 0 Å². The summed E-state index contributed by atoms with van der Waals surface area (Å²) in [4.78, 5) is 12.2. The highest BCUT2D eigenvalue weighted by molar-refractivity contribution is 5.76. The molecule has 1 saturated heterocycles. The van der Waals surface area contributed by atoms with E-state index in [1.807, 2.05) is 60.7 Å². The molecular weight excluding hydrogens is 280 g/mol. The van der Waals surface area contributed by atoms with Crippen molar-refractivity contribution in [1.82, 2.24) is 0 Å². The quantitative estimate of drug-likeness (QED) is 0.811. The minimum absolute atomic E-state index is 0.316. The first-order chi connectivity index (χ1) is 10.8. The van der Waals surface area contributed by atoms with Crippen LogP contribution in [0.2, 0.25) is 0 Å². The van der Waals surface area contributed by atoms with Crippen LogP contribution < -0.4 is 0 Å². The Hall–Kier alpha value is -2.17. The minimum atomic E-state index is -0.757. The van der Waals surface area contributed by atoms with Gasteiger partial charge in [0.25, 0.3) is 0 Å². The molecule has 0 unspecified atom stereocenters. The van der Waals surface area contributed by atoms with Gasteiger partial charge in [-0.25, -0.2) is 4.79 Å². The van der Waals surface area contributed by atoms with E-state index in [9.17, 15) is 4.79 Å². The molecule has 1 aliphatic rings. The molecule has 1 heterocycles. The molecule has 1 aliphatic heterocycles. The number of carbonyl (C=O) groups excluding carboxylic acids is 1. The van der Waals surface area contributed by atoms with Crippen LogP contribution in [0.1, 0.15) is 30.4 Å². The number of ether oxygens (including phenoxy) is 3. The lowest BCUT2D eigenvalue weighted by molar-refractivity contribution is -0.157. The van der Waals surface area contributed by atoms with Crippen LogP contribution >= 0.6 is 0 Å². The molecule has 0 aliphatic carbocycles. The molecule has 0 bridgehead atoms. The van der Waals surface area contributed by atoms with Crippen molar-refractivity contribution in [3.05, 3.63) is 71.8 Å². The molecule has 0 aromatic heterocycles. The Morgan fingerprint density at radius 1 is 0.955 bits per heavy atom. The fraction of sp³-hybridized carbons (Fsp3) is 0.278. The van der Waals surface area contributed by atoms with Gasteiger partial charge in [0.2, 0.25) is 0 Å². The van der Waals surface area contributed by atoms with Crippen molar-refractivity contribution in [2.75, 3.05) is 6.61 Å². The summed E-state index contributed by atoms with van der Waals surface area (Å²) in [5.41, 5.74) is 1.79. The number of carbonyl (C=O) groups is 1. The van der Waals surface area contributed by atoms with Gasteiger partial charge < -0.3 is 14.2 Å². The van der Waals surface area contributed by atoms with Gasteiger partial charge in [-0.05, 0) is 12.5 Å². The van der Waals surface area contributed by atoms with Crippen LogP contribution in [-0.4, -0.2) is 18.7 Å². The van der Waals surface area contributed by atoms with Crippen LogP contribution in [0.25, 0.3) is 0 Å². The van der Waals surface area contributed by atoms with E-state index in [0.717, 1.165) is 11.1 Å². The minimum Gasteiger partial charge on any atom is -0.464 e. The monoisotopic (exact) mass is 298 g/mol. The van der Waals surface area contributed by atoms with Crippen molar-refractivity contribution in [2.24, 2.45) is 0 Å². The molecule has 22 heavy (non-hydrogen) atoms. The highest BCUT2D eigenvalue weighted by Crippen LogP contribution is 2.40. The Balaban J connectivity index is 1.87. The van der Waals surface area contributed by atoms with Crippen molar-refractivity contribution in [3.63, 3.8) is 0 Å². The second-order valence-electron chi connectivity index (χ2n) is 5.02. The van der Waals surface area contributed by atoms with Crippen molar-refractivity contribution in [1.29, 1.82) is 0 Å². The maximum Gasteiger partial charge on any atom is 0.338 e. The van der Waals surface area contributed by atoms with Gasteiger partial charge in [0.1, 0.15) is 6.10 Å². The molecule has 4 heteroatoms. The van der Waals surface area contributed by atoms with Gasteiger partial charge in [0.15, 0.2) is 12.4 Å². The van der Waals surface area contributed by atoms with Gasteiger partial charge in [-0.1, -0.05) is 60.7 Å². The Morgan fingerprint density at radius 3 is 2.14 bits per heavy atom. The molecule has 114 valence electrons. The molecule has 0 amide bonds. The van der Waals surface area contributed by atoms with Crippen LogP contribution in [0.15, 0.2) is 60.7 Å². The van der Waals surface area contributed by atoms with Gasteiger partial charge >= 0.3 is 5.97 Å². The molecule has 0 N–H and O–H groups in total. The summed E-state index contributed by atoms with van der Waals surface area (Å²) in [6.45, 7) is 2.09. The first-order valence-electron chi connectivity index (χ1n) is 7.37. The fourth-order valence-corrected chi connectivity index (χ4v) is 2.51. The lowest BCUT2D eigenvalue weighted by Gasteiger charge is -2.15. The van der Waals surface area contributed by atoms with E-state index in [1.165, 1.54) is 0 Å². The Kier molecular flexibility index (Phi) is 4.51. The lowest BCUT2D eigenvalue weighted by atomic mass is 10.0. The van der Waals surface area contributed by atoms with E-state index >= 15 is 0 Å². The van der Waals surface area contributed by atoms with E-state index in [2.05, 4.69) is 0 Å². The number of hydrogen-bond acceptors (Lipinski definition) is 4. The van der Waals surface area contributed by atoms with Crippen molar-refractivity contribution < 1.29 is 19.0 Å². The highest BCUT2D eigenvalue weighted by Gasteiger charge is 2.43. The SMILES string of the molecule is CCOC(=O)[C@@H]1O[C@@H](c2ccccc2)O[C@H]1c1ccccc1. The largest absolute Gasteiger partial charge is 0.464 e. The summed E-state index contributed by atoms with van der Waals surface area (Å²) in [5, 5.41) is 0. The van der Waals surface area contributed by atoms with E-state index in [1.54, 1.807) is 6.92 Å². The molecular formula is C18H18O4.